The van der Waals surface area contributed by atoms with E-state index in [4.69, 9.17) is 4.74 Å². The fourth-order valence-electron chi connectivity index (χ4n) is 2.65. The molecule has 26 heavy (non-hydrogen) atoms. The van der Waals surface area contributed by atoms with Gasteiger partial charge < -0.3 is 10.1 Å². The van der Waals surface area contributed by atoms with Crippen molar-refractivity contribution in [1.29, 1.82) is 0 Å². The number of hydrogen-bond acceptors (Lipinski definition) is 3. The van der Waals surface area contributed by atoms with Crippen LogP contribution in [0.15, 0.2) is 73.1 Å². The van der Waals surface area contributed by atoms with Gasteiger partial charge in [-0.1, -0.05) is 54.6 Å². The number of amides is 1. The van der Waals surface area contributed by atoms with Crippen LogP contribution in [-0.4, -0.2) is 21.8 Å². The average molecular weight is 349 g/mol. The number of rotatable bonds is 8. The molecule has 0 saturated heterocycles. The quantitative estimate of drug-likeness (QED) is 0.680. The SMILES string of the molecule is CC(OCc1ccccc1)C(=O)NCc1ccccc1Cn1cccn1. The van der Waals surface area contributed by atoms with Crippen molar-refractivity contribution in [3.05, 3.63) is 89.7 Å². The zero-order chi connectivity index (χ0) is 18.2. The van der Waals surface area contributed by atoms with Crippen LogP contribution >= 0.6 is 0 Å². The minimum atomic E-state index is -0.506. The number of aromatic nitrogens is 2. The lowest BCUT2D eigenvalue weighted by Crippen LogP contribution is -2.34. The third-order valence-electron chi connectivity index (χ3n) is 4.18. The van der Waals surface area contributed by atoms with Gasteiger partial charge in [0.15, 0.2) is 0 Å². The molecule has 1 amide bonds. The van der Waals surface area contributed by atoms with Gasteiger partial charge in [0.25, 0.3) is 0 Å². The molecule has 1 unspecified atom stereocenters. The molecule has 134 valence electrons. The van der Waals surface area contributed by atoms with Crippen molar-refractivity contribution in [1.82, 2.24) is 15.1 Å². The lowest BCUT2D eigenvalue weighted by atomic mass is 10.1. The molecule has 3 rings (SSSR count). The second kappa shape index (κ2) is 8.97. The molecule has 0 aliphatic carbocycles. The van der Waals surface area contributed by atoms with Crippen molar-refractivity contribution in [3.8, 4) is 0 Å². The van der Waals surface area contributed by atoms with Gasteiger partial charge in [0, 0.05) is 18.9 Å². The Morgan fingerprint density at radius 1 is 1.08 bits per heavy atom. The maximum absolute atomic E-state index is 12.3. The van der Waals surface area contributed by atoms with Crippen molar-refractivity contribution in [2.75, 3.05) is 0 Å². The van der Waals surface area contributed by atoms with E-state index in [9.17, 15) is 4.79 Å². The fraction of sp³-hybridized carbons (Fsp3) is 0.238. The maximum Gasteiger partial charge on any atom is 0.249 e. The number of carbonyl (C=O) groups is 1. The van der Waals surface area contributed by atoms with Gasteiger partial charge in [-0.25, -0.2) is 0 Å². The van der Waals surface area contributed by atoms with Gasteiger partial charge in [0.05, 0.1) is 13.2 Å². The third kappa shape index (κ3) is 5.04. The van der Waals surface area contributed by atoms with Crippen LogP contribution in [-0.2, 0) is 29.2 Å². The summed E-state index contributed by atoms with van der Waals surface area (Å²) in [6.45, 7) is 3.34. The number of ether oxygens (including phenoxy) is 1. The Hall–Kier alpha value is -2.92. The monoisotopic (exact) mass is 349 g/mol. The molecule has 0 bridgehead atoms. The summed E-state index contributed by atoms with van der Waals surface area (Å²) in [5.74, 6) is -0.116. The van der Waals surface area contributed by atoms with Gasteiger partial charge >= 0.3 is 0 Å². The molecular formula is C21H23N3O2. The summed E-state index contributed by atoms with van der Waals surface area (Å²) in [6.07, 6.45) is 3.18. The number of hydrogen-bond donors (Lipinski definition) is 1. The highest BCUT2D eigenvalue weighted by Gasteiger charge is 2.14. The van der Waals surface area contributed by atoms with Crippen LogP contribution in [0, 0.1) is 0 Å². The van der Waals surface area contributed by atoms with Gasteiger partial charge in [-0.05, 0) is 29.7 Å². The molecule has 0 fully saturated rings. The summed E-state index contributed by atoms with van der Waals surface area (Å²) in [5, 5.41) is 7.20. The van der Waals surface area contributed by atoms with E-state index in [2.05, 4.69) is 16.5 Å². The molecule has 1 atom stereocenters. The van der Waals surface area contributed by atoms with Crippen molar-refractivity contribution in [3.63, 3.8) is 0 Å². The minimum absolute atomic E-state index is 0.116. The molecule has 0 aliphatic rings. The van der Waals surface area contributed by atoms with E-state index in [0.717, 1.165) is 16.7 Å². The standard InChI is InChI=1S/C21H23N3O2/c1-17(26-16-18-8-3-2-4-9-18)21(25)22-14-19-10-5-6-11-20(19)15-24-13-7-12-23-24/h2-13,17H,14-16H2,1H3,(H,22,25). The highest BCUT2D eigenvalue weighted by Crippen LogP contribution is 2.11. The van der Waals surface area contributed by atoms with Crippen LogP contribution in [0.2, 0.25) is 0 Å². The lowest BCUT2D eigenvalue weighted by molar-refractivity contribution is -0.132. The number of benzene rings is 2. The Bertz CT molecular complexity index is 816. The largest absolute Gasteiger partial charge is 0.364 e. The number of nitrogens with one attached hydrogen (secondary N) is 1. The summed E-state index contributed by atoms with van der Waals surface area (Å²) in [4.78, 5) is 12.3. The second-order valence-electron chi connectivity index (χ2n) is 6.13. The van der Waals surface area contributed by atoms with Crippen molar-refractivity contribution >= 4 is 5.91 Å². The molecular weight excluding hydrogens is 326 g/mol. The summed E-state index contributed by atoms with van der Waals surface area (Å²) >= 11 is 0. The van der Waals surface area contributed by atoms with Crippen LogP contribution in [0.25, 0.3) is 0 Å². The van der Waals surface area contributed by atoms with E-state index in [0.29, 0.717) is 19.7 Å². The Labute approximate surface area is 153 Å². The molecule has 5 heteroatoms. The Balaban J connectivity index is 1.52. The Morgan fingerprint density at radius 3 is 2.54 bits per heavy atom. The molecule has 1 heterocycles. The normalized spacial score (nSPS) is 11.9. The molecule has 0 spiro atoms. The first-order valence-corrected chi connectivity index (χ1v) is 8.70. The zero-order valence-corrected chi connectivity index (χ0v) is 14.8. The Morgan fingerprint density at radius 2 is 1.81 bits per heavy atom. The molecule has 5 nitrogen and oxygen atoms in total. The van der Waals surface area contributed by atoms with Crippen LogP contribution in [0.5, 0.6) is 0 Å². The van der Waals surface area contributed by atoms with Crippen molar-refractivity contribution in [2.24, 2.45) is 0 Å². The Kier molecular flexibility index (Phi) is 6.17. The predicted molar refractivity (Wildman–Crippen MR) is 100 cm³/mol. The highest BCUT2D eigenvalue weighted by atomic mass is 16.5. The average Bonchev–Trinajstić information content (AvgIpc) is 3.19. The molecule has 0 aliphatic heterocycles. The second-order valence-corrected chi connectivity index (χ2v) is 6.13. The minimum Gasteiger partial charge on any atom is -0.364 e. The zero-order valence-electron chi connectivity index (χ0n) is 14.8. The first-order valence-electron chi connectivity index (χ1n) is 8.70. The van der Waals surface area contributed by atoms with Gasteiger partial charge in [-0.15, -0.1) is 0 Å². The smallest absolute Gasteiger partial charge is 0.249 e. The number of carbonyl (C=O) groups excluding carboxylic acids is 1. The summed E-state index contributed by atoms with van der Waals surface area (Å²) in [5.41, 5.74) is 3.26. The number of nitrogens with zero attached hydrogens (tertiary/aromatic N) is 2. The topological polar surface area (TPSA) is 56.1 Å². The van der Waals surface area contributed by atoms with E-state index in [-0.39, 0.29) is 5.91 Å². The molecule has 2 aromatic carbocycles. The fourth-order valence-corrected chi connectivity index (χ4v) is 2.65. The van der Waals surface area contributed by atoms with Gasteiger partial charge in [0.2, 0.25) is 5.91 Å². The van der Waals surface area contributed by atoms with Crippen LogP contribution in [0.1, 0.15) is 23.6 Å². The van der Waals surface area contributed by atoms with E-state index in [1.807, 2.05) is 65.5 Å². The van der Waals surface area contributed by atoms with E-state index >= 15 is 0 Å². The summed E-state index contributed by atoms with van der Waals surface area (Å²) in [6, 6.07) is 19.8. The highest BCUT2D eigenvalue weighted by molar-refractivity contribution is 5.80. The van der Waals surface area contributed by atoms with Gasteiger partial charge in [-0.3, -0.25) is 9.48 Å². The lowest BCUT2D eigenvalue weighted by Gasteiger charge is -2.15. The molecule has 3 aromatic rings. The summed E-state index contributed by atoms with van der Waals surface area (Å²) in [7, 11) is 0. The molecule has 1 aromatic heterocycles. The van der Waals surface area contributed by atoms with Crippen molar-refractivity contribution < 1.29 is 9.53 Å². The third-order valence-corrected chi connectivity index (χ3v) is 4.18. The predicted octanol–water partition coefficient (Wildman–Crippen LogP) is 3.15. The molecule has 0 saturated carbocycles. The molecule has 1 N–H and O–H groups in total. The maximum atomic E-state index is 12.3. The van der Waals surface area contributed by atoms with Crippen LogP contribution < -0.4 is 5.32 Å². The van der Waals surface area contributed by atoms with E-state index < -0.39 is 6.10 Å². The van der Waals surface area contributed by atoms with Crippen molar-refractivity contribution in [2.45, 2.75) is 32.7 Å². The summed E-state index contributed by atoms with van der Waals surface area (Å²) < 4.78 is 7.53. The van der Waals surface area contributed by atoms with Crippen LogP contribution in [0.3, 0.4) is 0 Å². The van der Waals surface area contributed by atoms with E-state index in [1.54, 1.807) is 13.1 Å². The first-order chi connectivity index (χ1) is 12.7. The van der Waals surface area contributed by atoms with Gasteiger partial charge in [0.1, 0.15) is 6.10 Å². The first kappa shape index (κ1) is 17.9. The van der Waals surface area contributed by atoms with Crippen LogP contribution in [0.4, 0.5) is 0 Å². The molecule has 0 radical (unpaired) electrons. The van der Waals surface area contributed by atoms with E-state index in [1.165, 1.54) is 0 Å². The van der Waals surface area contributed by atoms with Gasteiger partial charge in [-0.2, -0.15) is 5.10 Å².